The van der Waals surface area contributed by atoms with Crippen LogP contribution in [0, 0.1) is 5.82 Å². The van der Waals surface area contributed by atoms with Gasteiger partial charge in [0.1, 0.15) is 11.9 Å². The van der Waals surface area contributed by atoms with E-state index in [0.717, 1.165) is 31.2 Å². The lowest BCUT2D eigenvalue weighted by Crippen LogP contribution is -2.51. The summed E-state index contributed by atoms with van der Waals surface area (Å²) in [5.74, 6) is -0.777. The fourth-order valence-electron chi connectivity index (χ4n) is 4.74. The van der Waals surface area contributed by atoms with Gasteiger partial charge in [-0.1, -0.05) is 56.5 Å². The zero-order chi connectivity index (χ0) is 26.8. The van der Waals surface area contributed by atoms with Crippen LogP contribution in [0.5, 0.6) is 0 Å². The maximum Gasteiger partial charge on any atom is 0.243 e. The van der Waals surface area contributed by atoms with Gasteiger partial charge in [-0.15, -0.1) is 0 Å². The van der Waals surface area contributed by atoms with Gasteiger partial charge >= 0.3 is 0 Å². The van der Waals surface area contributed by atoms with Crippen LogP contribution in [0.3, 0.4) is 0 Å². The van der Waals surface area contributed by atoms with Gasteiger partial charge in [0.25, 0.3) is 0 Å². The SMILES string of the molecule is CCC(C(=O)NC1CCCCC1)N(Cc1ccc(F)cc1)C(=O)CCCN(C)S(=O)(=O)c1ccccc1. The molecule has 1 aliphatic carbocycles. The maximum absolute atomic E-state index is 13.5. The first-order valence-electron chi connectivity index (χ1n) is 13.1. The molecule has 7 nitrogen and oxygen atoms in total. The number of halogens is 1. The molecule has 2 aromatic rings. The third kappa shape index (κ3) is 8.10. The number of rotatable bonds is 12. The summed E-state index contributed by atoms with van der Waals surface area (Å²) >= 11 is 0. The Bertz CT molecular complexity index is 1120. The minimum atomic E-state index is -3.65. The van der Waals surface area contributed by atoms with Crippen LogP contribution in [0.1, 0.15) is 63.9 Å². The van der Waals surface area contributed by atoms with E-state index in [0.29, 0.717) is 12.8 Å². The molecule has 1 fully saturated rings. The highest BCUT2D eigenvalue weighted by Gasteiger charge is 2.30. The number of carbonyl (C=O) groups excluding carboxylic acids is 2. The van der Waals surface area contributed by atoms with E-state index in [1.54, 1.807) is 35.2 Å². The van der Waals surface area contributed by atoms with Crippen molar-refractivity contribution in [2.75, 3.05) is 13.6 Å². The minimum absolute atomic E-state index is 0.0864. The van der Waals surface area contributed by atoms with Crippen molar-refractivity contribution in [3.05, 3.63) is 66.0 Å². The first kappa shape index (κ1) is 28.8. The Hall–Kier alpha value is -2.78. The molecule has 0 radical (unpaired) electrons. The first-order chi connectivity index (χ1) is 17.7. The summed E-state index contributed by atoms with van der Waals surface area (Å²) in [6.45, 7) is 2.21. The molecule has 1 atom stereocenters. The lowest BCUT2D eigenvalue weighted by molar-refractivity contribution is -0.141. The number of amides is 2. The summed E-state index contributed by atoms with van der Waals surface area (Å²) in [6, 6.07) is 13.5. The smallest absolute Gasteiger partial charge is 0.243 e. The Morgan fingerprint density at radius 1 is 1.03 bits per heavy atom. The second-order valence-electron chi connectivity index (χ2n) is 9.66. The van der Waals surface area contributed by atoms with Gasteiger partial charge in [-0.3, -0.25) is 9.59 Å². The molecule has 0 bridgehead atoms. The Morgan fingerprint density at radius 2 is 1.68 bits per heavy atom. The van der Waals surface area contributed by atoms with E-state index in [-0.39, 0.29) is 48.1 Å². The number of hydrogen-bond donors (Lipinski definition) is 1. The van der Waals surface area contributed by atoms with E-state index >= 15 is 0 Å². The summed E-state index contributed by atoms with van der Waals surface area (Å²) in [5, 5.41) is 3.13. The third-order valence-corrected chi connectivity index (χ3v) is 8.79. The van der Waals surface area contributed by atoms with Crippen LogP contribution in [0.2, 0.25) is 0 Å². The van der Waals surface area contributed by atoms with Gasteiger partial charge in [0, 0.05) is 32.6 Å². The van der Waals surface area contributed by atoms with Crippen molar-refractivity contribution in [1.29, 1.82) is 0 Å². The van der Waals surface area contributed by atoms with Crippen molar-refractivity contribution in [2.24, 2.45) is 0 Å². The van der Waals surface area contributed by atoms with Gasteiger partial charge in [0.15, 0.2) is 0 Å². The molecule has 1 N–H and O–H groups in total. The molecule has 0 spiro atoms. The molecule has 2 amide bonds. The van der Waals surface area contributed by atoms with Crippen LogP contribution >= 0.6 is 0 Å². The van der Waals surface area contributed by atoms with E-state index in [1.807, 2.05) is 6.92 Å². The van der Waals surface area contributed by atoms with E-state index < -0.39 is 16.1 Å². The van der Waals surface area contributed by atoms with Crippen molar-refractivity contribution in [3.63, 3.8) is 0 Å². The molecule has 2 aromatic carbocycles. The largest absolute Gasteiger partial charge is 0.352 e. The van der Waals surface area contributed by atoms with Gasteiger partial charge in [0.05, 0.1) is 4.90 Å². The molecule has 37 heavy (non-hydrogen) atoms. The predicted octanol–water partition coefficient (Wildman–Crippen LogP) is 4.48. The highest BCUT2D eigenvalue weighted by molar-refractivity contribution is 7.89. The van der Waals surface area contributed by atoms with Gasteiger partial charge in [0.2, 0.25) is 21.8 Å². The van der Waals surface area contributed by atoms with E-state index in [4.69, 9.17) is 0 Å². The fourth-order valence-corrected chi connectivity index (χ4v) is 5.97. The zero-order valence-corrected chi connectivity index (χ0v) is 22.6. The molecule has 202 valence electrons. The van der Waals surface area contributed by atoms with Crippen LogP contribution in [-0.2, 0) is 26.2 Å². The monoisotopic (exact) mass is 531 g/mol. The van der Waals surface area contributed by atoms with Gasteiger partial charge < -0.3 is 10.2 Å². The molecule has 1 aliphatic rings. The Kier molecular flexibility index (Phi) is 10.6. The summed E-state index contributed by atoms with van der Waals surface area (Å²) in [7, 11) is -2.16. The van der Waals surface area contributed by atoms with E-state index in [1.165, 1.54) is 42.0 Å². The molecular weight excluding hydrogens is 493 g/mol. The summed E-state index contributed by atoms with van der Waals surface area (Å²) < 4.78 is 40.3. The van der Waals surface area contributed by atoms with Crippen molar-refractivity contribution in [1.82, 2.24) is 14.5 Å². The third-order valence-electron chi connectivity index (χ3n) is 6.92. The summed E-state index contributed by atoms with van der Waals surface area (Å²) in [5.41, 5.74) is 0.724. The molecule has 1 saturated carbocycles. The van der Waals surface area contributed by atoms with E-state index in [2.05, 4.69) is 5.32 Å². The Labute approximate surface area is 220 Å². The van der Waals surface area contributed by atoms with Crippen LogP contribution in [0.4, 0.5) is 4.39 Å². The molecule has 1 unspecified atom stereocenters. The topological polar surface area (TPSA) is 86.8 Å². The predicted molar refractivity (Wildman–Crippen MR) is 142 cm³/mol. The molecule has 0 aliphatic heterocycles. The number of hydrogen-bond acceptors (Lipinski definition) is 4. The summed E-state index contributed by atoms with van der Waals surface area (Å²) in [6.07, 6.45) is 6.05. The lowest BCUT2D eigenvalue weighted by atomic mass is 9.95. The molecule has 3 rings (SSSR count). The van der Waals surface area contributed by atoms with Crippen LogP contribution in [0.25, 0.3) is 0 Å². The van der Waals surface area contributed by atoms with Crippen molar-refractivity contribution >= 4 is 21.8 Å². The number of nitrogens with zero attached hydrogens (tertiary/aromatic N) is 2. The van der Waals surface area contributed by atoms with Gasteiger partial charge in [-0.05, 0) is 55.5 Å². The maximum atomic E-state index is 13.5. The van der Waals surface area contributed by atoms with Crippen molar-refractivity contribution in [2.45, 2.75) is 81.8 Å². The highest BCUT2D eigenvalue weighted by atomic mass is 32.2. The number of sulfonamides is 1. The van der Waals surface area contributed by atoms with Crippen LogP contribution in [-0.4, -0.2) is 55.1 Å². The second kappa shape index (κ2) is 13.7. The normalized spacial score (nSPS) is 15.4. The molecule has 0 heterocycles. The summed E-state index contributed by atoms with van der Waals surface area (Å²) in [4.78, 5) is 28.4. The average Bonchev–Trinajstić information content (AvgIpc) is 2.90. The number of nitrogens with one attached hydrogen (secondary N) is 1. The van der Waals surface area contributed by atoms with Crippen LogP contribution < -0.4 is 5.32 Å². The van der Waals surface area contributed by atoms with Crippen molar-refractivity contribution in [3.8, 4) is 0 Å². The fraction of sp³-hybridized carbons (Fsp3) is 0.500. The minimum Gasteiger partial charge on any atom is -0.352 e. The van der Waals surface area contributed by atoms with Crippen molar-refractivity contribution < 1.29 is 22.4 Å². The Morgan fingerprint density at radius 3 is 2.30 bits per heavy atom. The zero-order valence-electron chi connectivity index (χ0n) is 21.7. The lowest BCUT2D eigenvalue weighted by Gasteiger charge is -2.33. The molecule has 0 aromatic heterocycles. The quantitative estimate of drug-likeness (QED) is 0.438. The second-order valence-corrected chi connectivity index (χ2v) is 11.7. The van der Waals surface area contributed by atoms with Gasteiger partial charge in [-0.25, -0.2) is 17.1 Å². The van der Waals surface area contributed by atoms with Crippen LogP contribution in [0.15, 0.2) is 59.5 Å². The molecule has 0 saturated heterocycles. The average molecular weight is 532 g/mol. The standard InChI is InChI=1S/C28H38FN3O4S/c1-3-26(28(34)30-24-11-6-4-7-12-24)32(21-22-16-18-23(29)19-17-22)27(33)15-10-20-31(2)37(35,36)25-13-8-5-9-14-25/h5,8-9,13-14,16-19,24,26H,3-4,6-7,10-12,15,20-21H2,1-2H3,(H,30,34). The molecular formula is C28H38FN3O4S. The van der Waals surface area contributed by atoms with E-state index in [9.17, 15) is 22.4 Å². The number of carbonyl (C=O) groups is 2. The van der Waals surface area contributed by atoms with Gasteiger partial charge in [-0.2, -0.15) is 0 Å². The number of benzene rings is 2. The molecule has 9 heteroatoms. The Balaban J connectivity index is 1.69. The highest BCUT2D eigenvalue weighted by Crippen LogP contribution is 2.20. The first-order valence-corrected chi connectivity index (χ1v) is 14.5.